The van der Waals surface area contributed by atoms with Crippen LogP contribution in [0.3, 0.4) is 0 Å². The molecule has 3 aromatic rings. The molecule has 8 nitrogen and oxygen atoms in total. The van der Waals surface area contributed by atoms with Crippen molar-refractivity contribution in [2.24, 2.45) is 0 Å². The Morgan fingerprint density at radius 1 is 1.27 bits per heavy atom. The van der Waals surface area contributed by atoms with Crippen LogP contribution in [-0.2, 0) is 12.8 Å². The predicted octanol–water partition coefficient (Wildman–Crippen LogP) is 2.20. The Hall–Kier alpha value is -3.18. The Labute approximate surface area is 190 Å². The van der Waals surface area contributed by atoms with Gasteiger partial charge in [-0.05, 0) is 31.4 Å². The SMILES string of the molecule is CC1CN2C(=O)c3c(O)c(=O)c(-c4nnc(Cc5ccc(F)cc5F)s4)c4n3C(CC4)C2N1. The van der Waals surface area contributed by atoms with Crippen LogP contribution in [0.5, 0.6) is 5.75 Å². The number of amides is 1. The van der Waals surface area contributed by atoms with Gasteiger partial charge in [-0.25, -0.2) is 8.78 Å². The number of nitrogens with zero attached hydrogens (tertiary/aromatic N) is 4. The van der Waals surface area contributed by atoms with Gasteiger partial charge in [-0.2, -0.15) is 0 Å². The van der Waals surface area contributed by atoms with Gasteiger partial charge in [-0.15, -0.1) is 10.2 Å². The van der Waals surface area contributed by atoms with Crippen molar-refractivity contribution in [3.05, 3.63) is 62.0 Å². The molecule has 1 saturated heterocycles. The van der Waals surface area contributed by atoms with Gasteiger partial charge in [0.2, 0.25) is 5.43 Å². The van der Waals surface area contributed by atoms with Crippen LogP contribution < -0.4 is 10.7 Å². The number of aromatic nitrogens is 3. The van der Waals surface area contributed by atoms with E-state index in [2.05, 4.69) is 15.5 Å². The highest BCUT2D eigenvalue weighted by Gasteiger charge is 2.49. The fourth-order valence-corrected chi connectivity index (χ4v) is 6.16. The maximum atomic E-state index is 14.1. The van der Waals surface area contributed by atoms with E-state index in [9.17, 15) is 23.5 Å². The first-order valence-electron chi connectivity index (χ1n) is 10.7. The lowest BCUT2D eigenvalue weighted by atomic mass is 10.1. The number of fused-ring (bicyclic) bond motifs is 2. The number of nitrogens with one attached hydrogen (secondary N) is 1. The second kappa shape index (κ2) is 7.16. The van der Waals surface area contributed by atoms with Crippen molar-refractivity contribution in [3.8, 4) is 16.3 Å². The average Bonchev–Trinajstić information content (AvgIpc) is 3.49. The van der Waals surface area contributed by atoms with Crippen LogP contribution in [0.25, 0.3) is 10.6 Å². The van der Waals surface area contributed by atoms with Gasteiger partial charge in [0.1, 0.15) is 22.8 Å². The summed E-state index contributed by atoms with van der Waals surface area (Å²) in [6, 6.07) is 3.35. The smallest absolute Gasteiger partial charge is 0.275 e. The molecule has 11 heteroatoms. The van der Waals surface area contributed by atoms with E-state index < -0.39 is 22.8 Å². The number of carbonyl (C=O) groups is 1. The molecule has 1 fully saturated rings. The van der Waals surface area contributed by atoms with Gasteiger partial charge in [0, 0.05) is 30.8 Å². The summed E-state index contributed by atoms with van der Waals surface area (Å²) < 4.78 is 29.0. The van der Waals surface area contributed by atoms with Gasteiger partial charge < -0.3 is 14.6 Å². The minimum atomic E-state index is -0.680. The summed E-state index contributed by atoms with van der Waals surface area (Å²) in [4.78, 5) is 28.0. The van der Waals surface area contributed by atoms with Crippen LogP contribution in [-0.4, -0.2) is 49.4 Å². The Kier molecular flexibility index (Phi) is 4.43. The second-order valence-electron chi connectivity index (χ2n) is 8.71. The number of pyridine rings is 1. The summed E-state index contributed by atoms with van der Waals surface area (Å²) in [5.74, 6) is -2.28. The van der Waals surface area contributed by atoms with E-state index in [1.54, 1.807) is 9.47 Å². The molecule has 170 valence electrons. The molecule has 0 saturated carbocycles. The van der Waals surface area contributed by atoms with Crippen molar-refractivity contribution in [1.29, 1.82) is 0 Å². The molecule has 1 aromatic carbocycles. The predicted molar refractivity (Wildman–Crippen MR) is 115 cm³/mol. The number of hydrogen-bond donors (Lipinski definition) is 2. The monoisotopic (exact) mass is 471 g/mol. The molecule has 5 heterocycles. The summed E-state index contributed by atoms with van der Waals surface area (Å²) in [5.41, 5.74) is 0.532. The number of aromatic hydroxyl groups is 1. The van der Waals surface area contributed by atoms with E-state index >= 15 is 0 Å². The Morgan fingerprint density at radius 3 is 2.88 bits per heavy atom. The molecule has 33 heavy (non-hydrogen) atoms. The van der Waals surface area contributed by atoms with Gasteiger partial charge >= 0.3 is 0 Å². The topological polar surface area (TPSA) is 100 Å². The van der Waals surface area contributed by atoms with Gasteiger partial charge in [-0.1, -0.05) is 17.4 Å². The molecule has 6 rings (SSSR count). The van der Waals surface area contributed by atoms with Gasteiger partial charge in [-0.3, -0.25) is 14.9 Å². The van der Waals surface area contributed by atoms with E-state index in [0.717, 1.165) is 17.4 Å². The molecule has 3 aliphatic rings. The first-order valence-corrected chi connectivity index (χ1v) is 11.5. The Morgan fingerprint density at radius 2 is 2.09 bits per heavy atom. The number of halogens is 2. The molecule has 0 radical (unpaired) electrons. The molecule has 3 unspecified atom stereocenters. The molecule has 1 amide bonds. The standard InChI is InChI=1S/C22H19F2N5O3S/c1-9-8-28-20(25-9)14-5-4-13-16(18(30)19(31)17(22(28)32)29(13)14)21-27-26-15(33-21)6-10-2-3-11(23)7-12(10)24/h2-3,7,9,14,20,25,31H,4-6,8H2,1H3. The molecular weight excluding hydrogens is 452 g/mol. The minimum Gasteiger partial charge on any atom is -0.503 e. The first kappa shape index (κ1) is 20.4. The van der Waals surface area contributed by atoms with Crippen LogP contribution in [0, 0.1) is 11.6 Å². The fourth-order valence-electron chi connectivity index (χ4n) is 5.24. The van der Waals surface area contributed by atoms with Crippen molar-refractivity contribution in [2.45, 2.75) is 44.4 Å². The molecule has 0 bridgehead atoms. The number of benzene rings is 1. The molecule has 2 aromatic heterocycles. The highest BCUT2D eigenvalue weighted by Crippen LogP contribution is 2.43. The normalized spacial score (nSPS) is 23.2. The zero-order valence-corrected chi connectivity index (χ0v) is 18.3. The summed E-state index contributed by atoms with van der Waals surface area (Å²) in [6.45, 7) is 2.51. The summed E-state index contributed by atoms with van der Waals surface area (Å²) in [7, 11) is 0. The fraction of sp³-hybridized carbons (Fsp3) is 0.364. The highest BCUT2D eigenvalue weighted by molar-refractivity contribution is 7.14. The Balaban J connectivity index is 1.44. The zero-order chi connectivity index (χ0) is 23.0. The van der Waals surface area contributed by atoms with Gasteiger partial charge in [0.05, 0.1) is 11.6 Å². The van der Waals surface area contributed by atoms with E-state index in [-0.39, 0.29) is 47.4 Å². The van der Waals surface area contributed by atoms with E-state index in [4.69, 9.17) is 0 Å². The number of hydrogen-bond acceptors (Lipinski definition) is 7. The van der Waals surface area contributed by atoms with Gasteiger partial charge in [0.25, 0.3) is 5.91 Å². The van der Waals surface area contributed by atoms with Crippen molar-refractivity contribution < 1.29 is 18.7 Å². The van der Waals surface area contributed by atoms with Gasteiger partial charge in [0.15, 0.2) is 16.5 Å². The summed E-state index contributed by atoms with van der Waals surface area (Å²) >= 11 is 1.12. The highest BCUT2D eigenvalue weighted by atomic mass is 32.1. The number of carbonyl (C=O) groups excluding carboxylic acids is 1. The van der Waals surface area contributed by atoms with E-state index in [0.29, 0.717) is 35.1 Å². The summed E-state index contributed by atoms with van der Waals surface area (Å²) in [5, 5.41) is 23.2. The Bertz CT molecular complexity index is 1390. The molecule has 0 spiro atoms. The van der Waals surface area contributed by atoms with Crippen LogP contribution >= 0.6 is 11.3 Å². The van der Waals surface area contributed by atoms with Crippen LogP contribution in [0.15, 0.2) is 23.0 Å². The van der Waals surface area contributed by atoms with E-state index in [1.807, 2.05) is 6.92 Å². The van der Waals surface area contributed by atoms with Crippen molar-refractivity contribution in [2.75, 3.05) is 6.54 Å². The van der Waals surface area contributed by atoms with Crippen molar-refractivity contribution in [3.63, 3.8) is 0 Å². The van der Waals surface area contributed by atoms with Crippen LogP contribution in [0.2, 0.25) is 0 Å². The van der Waals surface area contributed by atoms with E-state index in [1.165, 1.54) is 12.1 Å². The quantitative estimate of drug-likeness (QED) is 0.608. The van der Waals surface area contributed by atoms with Crippen LogP contribution in [0.4, 0.5) is 8.78 Å². The maximum Gasteiger partial charge on any atom is 0.275 e. The van der Waals surface area contributed by atoms with Crippen molar-refractivity contribution in [1.82, 2.24) is 25.0 Å². The lowest BCUT2D eigenvalue weighted by Gasteiger charge is -2.37. The van der Waals surface area contributed by atoms with Crippen molar-refractivity contribution >= 4 is 17.2 Å². The summed E-state index contributed by atoms with van der Waals surface area (Å²) in [6.07, 6.45) is 1.17. The molecule has 3 atom stereocenters. The minimum absolute atomic E-state index is 0.0338. The third-order valence-corrected chi connectivity index (χ3v) is 7.56. The molecular formula is C22H19F2N5O3S. The second-order valence-corrected chi connectivity index (χ2v) is 9.77. The third kappa shape index (κ3) is 2.95. The molecule has 2 N–H and O–H groups in total. The zero-order valence-electron chi connectivity index (χ0n) is 17.5. The maximum absolute atomic E-state index is 14.1. The molecule has 0 aliphatic carbocycles. The largest absolute Gasteiger partial charge is 0.503 e. The van der Waals surface area contributed by atoms with Crippen LogP contribution in [0.1, 0.15) is 46.1 Å². The first-order chi connectivity index (χ1) is 15.8. The lowest BCUT2D eigenvalue weighted by molar-refractivity contribution is 0.0593. The number of rotatable bonds is 3. The lowest BCUT2D eigenvalue weighted by Crippen LogP contribution is -2.51. The third-order valence-electron chi connectivity index (χ3n) is 6.62. The average molecular weight is 471 g/mol. The molecule has 3 aliphatic heterocycles.